The first-order chi connectivity index (χ1) is 8.75. The first kappa shape index (κ1) is 13.4. The zero-order valence-electron chi connectivity index (χ0n) is 10.1. The van der Waals surface area contributed by atoms with Crippen LogP contribution in [0.25, 0.3) is 0 Å². The van der Waals surface area contributed by atoms with E-state index >= 15 is 0 Å². The first-order valence-electron chi connectivity index (χ1n) is 5.98. The topological polar surface area (TPSA) is 67.6 Å². The predicted octanol–water partition coefficient (Wildman–Crippen LogP) is 1.08. The van der Waals surface area contributed by atoms with Crippen LogP contribution in [0, 0.1) is 10.1 Å². The number of ether oxygens (including phenoxy) is 1. The largest absolute Gasteiger partial charge is 0.379 e. The van der Waals surface area contributed by atoms with Gasteiger partial charge in [0.25, 0.3) is 0 Å². The lowest BCUT2D eigenvalue weighted by Gasteiger charge is -2.26. The minimum atomic E-state index is -0.345. The van der Waals surface area contributed by atoms with Gasteiger partial charge in [0.05, 0.1) is 18.1 Å². The molecule has 0 radical (unpaired) electrons. The molecule has 18 heavy (non-hydrogen) atoms. The van der Waals surface area contributed by atoms with E-state index in [1.807, 2.05) is 5.38 Å². The summed E-state index contributed by atoms with van der Waals surface area (Å²) < 4.78 is 5.28. The molecule has 1 saturated heterocycles. The van der Waals surface area contributed by atoms with Crippen molar-refractivity contribution in [1.82, 2.24) is 10.2 Å². The molecule has 0 saturated carbocycles. The molecule has 0 aromatic carbocycles. The Hall–Kier alpha value is -1.02. The van der Waals surface area contributed by atoms with Gasteiger partial charge in [-0.1, -0.05) is 11.3 Å². The maximum Gasteiger partial charge on any atom is 0.324 e. The molecule has 100 valence electrons. The predicted molar refractivity (Wildman–Crippen MR) is 69.9 cm³/mol. The smallest absolute Gasteiger partial charge is 0.324 e. The molecule has 1 aliphatic rings. The van der Waals surface area contributed by atoms with E-state index in [1.165, 1.54) is 11.3 Å². The van der Waals surface area contributed by atoms with Crippen molar-refractivity contribution in [1.29, 1.82) is 0 Å². The van der Waals surface area contributed by atoms with Crippen LogP contribution < -0.4 is 5.32 Å². The number of hydrogen-bond acceptors (Lipinski definition) is 6. The Morgan fingerprint density at radius 2 is 2.28 bits per heavy atom. The zero-order chi connectivity index (χ0) is 12.8. The second-order valence-electron chi connectivity index (χ2n) is 4.18. The highest BCUT2D eigenvalue weighted by molar-refractivity contribution is 7.13. The molecule has 0 amide bonds. The van der Waals surface area contributed by atoms with Crippen LogP contribution >= 0.6 is 11.3 Å². The molecule has 6 nitrogen and oxygen atoms in total. The van der Waals surface area contributed by atoms with E-state index in [0.717, 1.165) is 45.0 Å². The number of rotatable bonds is 6. The van der Waals surface area contributed by atoms with Crippen LogP contribution in [-0.2, 0) is 11.3 Å². The van der Waals surface area contributed by atoms with Gasteiger partial charge in [-0.15, -0.1) is 0 Å². The van der Waals surface area contributed by atoms with E-state index in [2.05, 4.69) is 10.2 Å². The summed E-state index contributed by atoms with van der Waals surface area (Å²) in [7, 11) is 0. The minimum Gasteiger partial charge on any atom is -0.379 e. The van der Waals surface area contributed by atoms with Crippen LogP contribution in [0.5, 0.6) is 0 Å². The maximum atomic E-state index is 10.5. The molecule has 1 N–H and O–H groups in total. The van der Waals surface area contributed by atoms with Crippen molar-refractivity contribution in [3.8, 4) is 0 Å². The third-order valence-corrected chi connectivity index (χ3v) is 3.79. The van der Waals surface area contributed by atoms with Gasteiger partial charge in [-0.3, -0.25) is 15.0 Å². The van der Waals surface area contributed by atoms with Crippen LogP contribution in [0.15, 0.2) is 11.4 Å². The lowest BCUT2D eigenvalue weighted by Crippen LogP contribution is -2.40. The zero-order valence-corrected chi connectivity index (χ0v) is 10.9. The van der Waals surface area contributed by atoms with Crippen molar-refractivity contribution in [3.63, 3.8) is 0 Å². The number of nitro groups is 1. The van der Waals surface area contributed by atoms with Crippen LogP contribution in [-0.4, -0.2) is 49.2 Å². The molecular formula is C11H17N3O3S. The monoisotopic (exact) mass is 271 g/mol. The van der Waals surface area contributed by atoms with Crippen LogP contribution in [0.2, 0.25) is 0 Å². The second-order valence-corrected chi connectivity index (χ2v) is 5.07. The molecule has 1 aromatic heterocycles. The van der Waals surface area contributed by atoms with Gasteiger partial charge in [-0.05, 0) is 5.56 Å². The Labute approximate surface area is 110 Å². The highest BCUT2D eigenvalue weighted by atomic mass is 32.1. The molecule has 1 aromatic rings. The lowest BCUT2D eigenvalue weighted by molar-refractivity contribution is -0.380. The van der Waals surface area contributed by atoms with Gasteiger partial charge in [-0.2, -0.15) is 0 Å². The fourth-order valence-corrected chi connectivity index (χ4v) is 2.57. The Kier molecular flexibility index (Phi) is 5.06. The number of nitrogens with one attached hydrogen (secondary N) is 1. The maximum absolute atomic E-state index is 10.5. The van der Waals surface area contributed by atoms with Gasteiger partial charge in [0.1, 0.15) is 0 Å². The van der Waals surface area contributed by atoms with Crippen molar-refractivity contribution < 1.29 is 9.66 Å². The third-order valence-electron chi connectivity index (χ3n) is 2.86. The van der Waals surface area contributed by atoms with E-state index in [9.17, 15) is 10.1 Å². The molecule has 0 atom stereocenters. The SMILES string of the molecule is O=[N+]([O-])c1cc(CNCCN2CCOCC2)cs1. The van der Waals surface area contributed by atoms with Crippen molar-refractivity contribution in [2.24, 2.45) is 0 Å². The number of hydrogen-bond donors (Lipinski definition) is 1. The summed E-state index contributed by atoms with van der Waals surface area (Å²) >= 11 is 1.18. The molecule has 2 rings (SSSR count). The molecule has 1 fully saturated rings. The summed E-state index contributed by atoms with van der Waals surface area (Å²) in [6, 6.07) is 1.63. The van der Waals surface area contributed by atoms with E-state index in [4.69, 9.17) is 4.74 Å². The fourth-order valence-electron chi connectivity index (χ4n) is 1.85. The normalized spacial score (nSPS) is 16.9. The molecule has 0 bridgehead atoms. The number of nitrogens with zero attached hydrogens (tertiary/aromatic N) is 2. The minimum absolute atomic E-state index is 0.208. The van der Waals surface area contributed by atoms with E-state index in [-0.39, 0.29) is 9.92 Å². The Morgan fingerprint density at radius 1 is 1.50 bits per heavy atom. The third kappa shape index (κ3) is 4.02. The summed E-state index contributed by atoms with van der Waals surface area (Å²) in [5.74, 6) is 0. The van der Waals surface area contributed by atoms with Crippen molar-refractivity contribution in [3.05, 3.63) is 27.1 Å². The molecule has 0 aliphatic carbocycles. The average molecular weight is 271 g/mol. The first-order valence-corrected chi connectivity index (χ1v) is 6.86. The van der Waals surface area contributed by atoms with Crippen LogP contribution in [0.4, 0.5) is 5.00 Å². The molecular weight excluding hydrogens is 254 g/mol. The summed E-state index contributed by atoms with van der Waals surface area (Å²) in [6.45, 7) is 6.19. The highest BCUT2D eigenvalue weighted by Gasteiger charge is 2.10. The van der Waals surface area contributed by atoms with E-state index in [1.54, 1.807) is 6.07 Å². The molecule has 1 aliphatic heterocycles. The molecule has 0 unspecified atom stereocenters. The number of thiophene rings is 1. The van der Waals surface area contributed by atoms with Crippen molar-refractivity contribution in [2.75, 3.05) is 39.4 Å². The highest BCUT2D eigenvalue weighted by Crippen LogP contribution is 2.22. The van der Waals surface area contributed by atoms with Crippen LogP contribution in [0.1, 0.15) is 5.56 Å². The molecule has 7 heteroatoms. The Morgan fingerprint density at radius 3 is 2.94 bits per heavy atom. The molecule has 0 spiro atoms. The van der Waals surface area contributed by atoms with Gasteiger partial charge in [0.15, 0.2) is 0 Å². The lowest BCUT2D eigenvalue weighted by atomic mass is 10.3. The fraction of sp³-hybridized carbons (Fsp3) is 0.636. The van der Waals surface area contributed by atoms with E-state index < -0.39 is 0 Å². The number of morpholine rings is 1. The van der Waals surface area contributed by atoms with Crippen LogP contribution in [0.3, 0.4) is 0 Å². The second kappa shape index (κ2) is 6.79. The van der Waals surface area contributed by atoms with Gasteiger partial charge >= 0.3 is 5.00 Å². The van der Waals surface area contributed by atoms with Gasteiger partial charge in [-0.25, -0.2) is 0 Å². The summed E-state index contributed by atoms with van der Waals surface area (Å²) in [4.78, 5) is 12.5. The summed E-state index contributed by atoms with van der Waals surface area (Å²) in [6.07, 6.45) is 0. The standard InChI is InChI=1S/C11H17N3O3S/c15-14(16)11-7-10(9-18-11)8-12-1-2-13-3-5-17-6-4-13/h7,9,12H,1-6,8H2. The average Bonchev–Trinajstić information content (AvgIpc) is 2.85. The van der Waals surface area contributed by atoms with Gasteiger partial charge < -0.3 is 10.1 Å². The van der Waals surface area contributed by atoms with Gasteiger partial charge in [0, 0.05) is 44.2 Å². The Balaban J connectivity index is 1.63. The summed E-state index contributed by atoms with van der Waals surface area (Å²) in [5, 5.41) is 15.9. The Bertz CT molecular complexity index is 391. The van der Waals surface area contributed by atoms with Crippen molar-refractivity contribution in [2.45, 2.75) is 6.54 Å². The van der Waals surface area contributed by atoms with Crippen molar-refractivity contribution >= 4 is 16.3 Å². The quantitative estimate of drug-likeness (QED) is 0.476. The molecule has 2 heterocycles. The van der Waals surface area contributed by atoms with E-state index in [0.29, 0.717) is 6.54 Å². The van der Waals surface area contributed by atoms with Gasteiger partial charge in [0.2, 0.25) is 0 Å². The summed E-state index contributed by atoms with van der Waals surface area (Å²) in [5.41, 5.74) is 0.980.